The van der Waals surface area contributed by atoms with Crippen LogP contribution in [0, 0.1) is 17.5 Å². The molecule has 1 aromatic heterocycles. The summed E-state index contributed by atoms with van der Waals surface area (Å²) in [4.78, 5) is 25.3. The van der Waals surface area contributed by atoms with E-state index in [4.69, 9.17) is 9.47 Å². The molecule has 0 atom stereocenters. The summed E-state index contributed by atoms with van der Waals surface area (Å²) in [6.45, 7) is 5.07. The maximum absolute atomic E-state index is 14.9. The standard InChI is InChI=1S/C19H22F3N3O6/c1-19(2,3)31-17(27)23-9-12-16(26)30-18(28)25(12)11-8-10(20)15(14(22)13(11)21)24-4-6-29-7-5-24/h8,26H,4-7,9H2,1-3H3,(H,23,27). The molecule has 1 aliphatic rings. The van der Waals surface area contributed by atoms with E-state index in [2.05, 4.69) is 9.73 Å². The highest BCUT2D eigenvalue weighted by Crippen LogP contribution is 2.31. The van der Waals surface area contributed by atoms with Crippen LogP contribution in [0.25, 0.3) is 5.69 Å². The second-order valence-corrected chi connectivity index (χ2v) is 7.76. The van der Waals surface area contributed by atoms with Crippen molar-refractivity contribution in [3.05, 3.63) is 39.8 Å². The molecule has 1 aromatic carbocycles. The molecule has 0 radical (unpaired) electrons. The van der Waals surface area contributed by atoms with Crippen molar-refractivity contribution < 1.29 is 37.0 Å². The SMILES string of the molecule is CC(C)(C)OC(=O)NCc1c(O)oc(=O)n1-c1cc(F)c(N2CCOCC2)c(F)c1F. The van der Waals surface area contributed by atoms with E-state index in [-0.39, 0.29) is 26.3 Å². The Morgan fingerprint density at radius 1 is 1.23 bits per heavy atom. The van der Waals surface area contributed by atoms with Gasteiger partial charge in [-0.3, -0.25) is 0 Å². The number of amides is 1. The quantitative estimate of drug-likeness (QED) is 0.697. The predicted octanol–water partition coefficient (Wildman–Crippen LogP) is 2.41. The number of rotatable bonds is 4. The van der Waals surface area contributed by atoms with Crippen LogP contribution in [0.15, 0.2) is 15.3 Å². The van der Waals surface area contributed by atoms with Crippen molar-refractivity contribution in [2.45, 2.75) is 32.9 Å². The van der Waals surface area contributed by atoms with Crippen molar-refractivity contribution in [1.29, 1.82) is 0 Å². The summed E-state index contributed by atoms with van der Waals surface area (Å²) >= 11 is 0. The molecule has 12 heteroatoms. The van der Waals surface area contributed by atoms with E-state index in [0.29, 0.717) is 10.6 Å². The number of carbonyl (C=O) groups is 1. The van der Waals surface area contributed by atoms with E-state index in [9.17, 15) is 27.9 Å². The van der Waals surface area contributed by atoms with Gasteiger partial charge in [0.25, 0.3) is 0 Å². The van der Waals surface area contributed by atoms with Crippen LogP contribution < -0.4 is 16.0 Å². The van der Waals surface area contributed by atoms with Crippen molar-refractivity contribution in [2.24, 2.45) is 0 Å². The topological polar surface area (TPSA) is 106 Å². The summed E-state index contributed by atoms with van der Waals surface area (Å²) < 4.78 is 59.5. The molecule has 0 saturated carbocycles. The van der Waals surface area contributed by atoms with Gasteiger partial charge >= 0.3 is 17.8 Å². The number of alkyl carbamates (subject to hydrolysis) is 1. The van der Waals surface area contributed by atoms with Crippen LogP contribution >= 0.6 is 0 Å². The number of oxazole rings is 1. The lowest BCUT2D eigenvalue weighted by atomic mass is 10.2. The maximum Gasteiger partial charge on any atom is 0.427 e. The Labute approximate surface area is 175 Å². The molecule has 0 aliphatic carbocycles. The van der Waals surface area contributed by atoms with E-state index in [1.54, 1.807) is 20.8 Å². The highest BCUT2D eigenvalue weighted by molar-refractivity contribution is 5.67. The number of aromatic hydroxyl groups is 1. The molecule has 170 valence electrons. The summed E-state index contributed by atoms with van der Waals surface area (Å²) in [5.74, 6) is -6.39. The number of hydrogen-bond acceptors (Lipinski definition) is 7. The summed E-state index contributed by atoms with van der Waals surface area (Å²) in [6.07, 6.45) is -0.896. The van der Waals surface area contributed by atoms with Crippen LogP contribution in [0.2, 0.25) is 0 Å². The average molecular weight is 445 g/mol. The van der Waals surface area contributed by atoms with Crippen molar-refractivity contribution in [3.8, 4) is 11.6 Å². The van der Waals surface area contributed by atoms with Gasteiger partial charge in [-0.25, -0.2) is 27.3 Å². The first-order chi connectivity index (χ1) is 14.5. The number of aromatic nitrogens is 1. The monoisotopic (exact) mass is 445 g/mol. The zero-order valence-electron chi connectivity index (χ0n) is 17.1. The summed E-state index contributed by atoms with van der Waals surface area (Å²) in [5, 5.41) is 12.2. The van der Waals surface area contributed by atoms with Crippen LogP contribution in [-0.2, 0) is 16.0 Å². The van der Waals surface area contributed by atoms with E-state index in [1.807, 2.05) is 0 Å². The molecule has 31 heavy (non-hydrogen) atoms. The van der Waals surface area contributed by atoms with Crippen LogP contribution in [-0.4, -0.2) is 47.7 Å². The molecular weight excluding hydrogens is 423 g/mol. The average Bonchev–Trinajstić information content (AvgIpc) is 2.95. The van der Waals surface area contributed by atoms with Crippen molar-refractivity contribution >= 4 is 11.8 Å². The van der Waals surface area contributed by atoms with Gasteiger partial charge in [-0.05, 0) is 20.8 Å². The molecule has 1 saturated heterocycles. The number of nitrogens with zero attached hydrogens (tertiary/aromatic N) is 2. The molecule has 2 heterocycles. The molecule has 3 rings (SSSR count). The number of anilines is 1. The Morgan fingerprint density at radius 3 is 2.48 bits per heavy atom. The van der Waals surface area contributed by atoms with Crippen LogP contribution in [0.3, 0.4) is 0 Å². The Balaban J connectivity index is 1.98. The first-order valence-electron chi connectivity index (χ1n) is 9.40. The van der Waals surface area contributed by atoms with E-state index >= 15 is 0 Å². The van der Waals surface area contributed by atoms with Crippen molar-refractivity contribution in [3.63, 3.8) is 0 Å². The van der Waals surface area contributed by atoms with Crippen molar-refractivity contribution in [2.75, 3.05) is 31.2 Å². The van der Waals surface area contributed by atoms with Gasteiger partial charge in [0.05, 0.1) is 25.4 Å². The van der Waals surface area contributed by atoms with Gasteiger partial charge in [0, 0.05) is 19.2 Å². The van der Waals surface area contributed by atoms with Gasteiger partial charge in [-0.2, -0.15) is 0 Å². The number of carbonyl (C=O) groups excluding carboxylic acids is 1. The molecule has 1 aliphatic heterocycles. The first kappa shape index (κ1) is 22.5. The fourth-order valence-electron chi connectivity index (χ4n) is 3.07. The zero-order chi connectivity index (χ0) is 22.9. The molecule has 0 spiro atoms. The Morgan fingerprint density at radius 2 is 1.87 bits per heavy atom. The molecule has 2 aromatic rings. The largest absolute Gasteiger partial charge is 0.479 e. The molecule has 2 N–H and O–H groups in total. The Hall–Kier alpha value is -3.15. The highest BCUT2D eigenvalue weighted by atomic mass is 19.2. The zero-order valence-corrected chi connectivity index (χ0v) is 17.1. The molecular formula is C19H22F3N3O6. The van der Waals surface area contributed by atoms with Gasteiger partial charge in [0.1, 0.15) is 17.0 Å². The fraction of sp³-hybridized carbons (Fsp3) is 0.474. The summed E-state index contributed by atoms with van der Waals surface area (Å²) in [5.41, 5.74) is -2.65. The number of morpholine rings is 1. The minimum absolute atomic E-state index is 0.157. The molecule has 1 amide bonds. The lowest BCUT2D eigenvalue weighted by Crippen LogP contribution is -2.37. The number of ether oxygens (including phenoxy) is 2. The van der Waals surface area contributed by atoms with Gasteiger partial charge in [-0.1, -0.05) is 0 Å². The van der Waals surface area contributed by atoms with Gasteiger partial charge < -0.3 is 29.2 Å². The van der Waals surface area contributed by atoms with E-state index in [1.165, 1.54) is 4.90 Å². The third-order valence-corrected chi connectivity index (χ3v) is 4.37. The van der Waals surface area contributed by atoms with Crippen LogP contribution in [0.5, 0.6) is 5.95 Å². The smallest absolute Gasteiger partial charge is 0.427 e. The van der Waals surface area contributed by atoms with E-state index < -0.39 is 64.5 Å². The normalized spacial score (nSPS) is 14.6. The highest BCUT2D eigenvalue weighted by Gasteiger charge is 2.29. The number of benzene rings is 1. The minimum atomic E-state index is -1.52. The number of hydrogen-bond donors (Lipinski definition) is 2. The lowest BCUT2D eigenvalue weighted by molar-refractivity contribution is 0.0522. The molecule has 1 fully saturated rings. The second-order valence-electron chi connectivity index (χ2n) is 7.76. The molecule has 0 unspecified atom stereocenters. The Kier molecular flexibility index (Phi) is 6.20. The summed E-state index contributed by atoms with van der Waals surface area (Å²) in [6, 6.07) is 0.622. The third kappa shape index (κ3) is 4.79. The second kappa shape index (κ2) is 8.53. The Bertz CT molecular complexity index is 1040. The maximum atomic E-state index is 14.9. The van der Waals surface area contributed by atoms with E-state index in [0.717, 1.165) is 0 Å². The lowest BCUT2D eigenvalue weighted by Gasteiger charge is -2.29. The number of halogens is 3. The molecule has 9 nitrogen and oxygen atoms in total. The summed E-state index contributed by atoms with van der Waals surface area (Å²) in [7, 11) is 0. The predicted molar refractivity (Wildman–Crippen MR) is 102 cm³/mol. The fourth-order valence-corrected chi connectivity index (χ4v) is 3.07. The van der Waals surface area contributed by atoms with Crippen molar-refractivity contribution in [1.82, 2.24) is 9.88 Å². The van der Waals surface area contributed by atoms with Gasteiger partial charge in [-0.15, -0.1) is 0 Å². The van der Waals surface area contributed by atoms with Crippen LogP contribution in [0.1, 0.15) is 26.5 Å². The third-order valence-electron chi connectivity index (χ3n) is 4.37. The minimum Gasteiger partial charge on any atom is -0.479 e. The van der Waals surface area contributed by atoms with Gasteiger partial charge in [0.2, 0.25) is 0 Å². The van der Waals surface area contributed by atoms with Gasteiger partial charge in [0.15, 0.2) is 17.5 Å². The van der Waals surface area contributed by atoms with Crippen LogP contribution in [0.4, 0.5) is 23.7 Å². The molecule has 0 bridgehead atoms. The number of nitrogens with one attached hydrogen (secondary N) is 1. The first-order valence-corrected chi connectivity index (χ1v) is 9.40.